The summed E-state index contributed by atoms with van der Waals surface area (Å²) in [6, 6.07) is 11.7. The van der Waals surface area contributed by atoms with E-state index < -0.39 is 0 Å². The molecule has 2 aromatic rings. The molecule has 0 aliphatic heterocycles. The minimum atomic E-state index is -0.323. The predicted octanol–water partition coefficient (Wildman–Crippen LogP) is 3.68. The van der Waals surface area contributed by atoms with Crippen molar-refractivity contribution in [1.29, 1.82) is 0 Å². The number of ether oxygens (including phenoxy) is 2. The van der Waals surface area contributed by atoms with Crippen LogP contribution in [-0.2, 0) is 0 Å². The molecule has 0 spiro atoms. The van der Waals surface area contributed by atoms with Crippen molar-refractivity contribution in [3.8, 4) is 11.5 Å². The van der Waals surface area contributed by atoms with Gasteiger partial charge in [-0.05, 0) is 58.4 Å². The highest BCUT2D eigenvalue weighted by atomic mass is 79.9. The van der Waals surface area contributed by atoms with E-state index in [9.17, 15) is 4.39 Å². The van der Waals surface area contributed by atoms with Crippen molar-refractivity contribution in [2.45, 2.75) is 0 Å². The van der Waals surface area contributed by atoms with Crippen LogP contribution in [0.1, 0.15) is 5.56 Å². The monoisotopic (exact) mass is 369 g/mol. The fourth-order valence-corrected chi connectivity index (χ4v) is 2.09. The van der Waals surface area contributed by atoms with Gasteiger partial charge in [0.05, 0.1) is 4.47 Å². The number of nitrogens with two attached hydrogens (primary N) is 1. The second-order valence-electron chi connectivity index (χ2n) is 4.16. The Morgan fingerprint density at radius 3 is 2.19 bits per heavy atom. The summed E-state index contributed by atoms with van der Waals surface area (Å²) < 4.78 is 24.4. The van der Waals surface area contributed by atoms with E-state index in [1.807, 2.05) is 0 Å². The Kier molecular flexibility index (Phi) is 5.52. The second-order valence-corrected chi connectivity index (χ2v) is 5.46. The third-order valence-corrected chi connectivity index (χ3v) is 3.49. The van der Waals surface area contributed by atoms with Crippen molar-refractivity contribution in [3.05, 3.63) is 58.3 Å². The maximum Gasteiger partial charge on any atom is 0.137 e. The molecule has 110 valence electrons. The molecule has 0 radical (unpaired) electrons. The van der Waals surface area contributed by atoms with Gasteiger partial charge >= 0.3 is 0 Å². The van der Waals surface area contributed by atoms with Crippen molar-refractivity contribution >= 4 is 33.1 Å². The minimum absolute atomic E-state index is 0.323. The molecule has 0 aromatic heterocycles. The van der Waals surface area contributed by atoms with Crippen LogP contribution < -0.4 is 15.2 Å². The molecular weight excluding hydrogens is 357 g/mol. The van der Waals surface area contributed by atoms with E-state index in [1.165, 1.54) is 6.07 Å². The fraction of sp³-hybridized carbons (Fsp3) is 0.133. The number of benzene rings is 2. The zero-order chi connectivity index (χ0) is 15.2. The Labute approximate surface area is 136 Å². The lowest BCUT2D eigenvalue weighted by atomic mass is 10.2. The van der Waals surface area contributed by atoms with Gasteiger partial charge < -0.3 is 15.2 Å². The normalized spacial score (nSPS) is 10.2. The van der Waals surface area contributed by atoms with Gasteiger partial charge in [0.15, 0.2) is 0 Å². The van der Waals surface area contributed by atoms with Gasteiger partial charge in [-0.1, -0.05) is 12.2 Å². The summed E-state index contributed by atoms with van der Waals surface area (Å²) in [6.45, 7) is 0.733. The molecular formula is C15H13BrFNO2S. The number of thiocarbonyl (C=S) groups is 1. The average molecular weight is 370 g/mol. The lowest BCUT2D eigenvalue weighted by molar-refractivity contribution is 0.217. The van der Waals surface area contributed by atoms with Crippen LogP contribution in [0.15, 0.2) is 46.9 Å². The van der Waals surface area contributed by atoms with Gasteiger partial charge in [0.2, 0.25) is 0 Å². The van der Waals surface area contributed by atoms with Gasteiger partial charge in [0.25, 0.3) is 0 Å². The third kappa shape index (κ3) is 4.68. The molecule has 0 fully saturated rings. The van der Waals surface area contributed by atoms with Crippen molar-refractivity contribution in [2.75, 3.05) is 13.2 Å². The van der Waals surface area contributed by atoms with Gasteiger partial charge in [-0.2, -0.15) is 0 Å². The van der Waals surface area contributed by atoms with Crippen LogP contribution in [0.5, 0.6) is 11.5 Å². The van der Waals surface area contributed by atoms with Crippen LogP contribution in [0.4, 0.5) is 4.39 Å². The Hall–Kier alpha value is -1.66. The summed E-state index contributed by atoms with van der Waals surface area (Å²) in [7, 11) is 0. The quantitative estimate of drug-likeness (QED) is 0.623. The molecule has 0 aliphatic rings. The summed E-state index contributed by atoms with van der Waals surface area (Å²) in [5, 5.41) is 0. The first kappa shape index (κ1) is 15.7. The SMILES string of the molecule is NC(=S)c1ccc(OCCOc2ccc(F)c(Br)c2)cc1. The van der Waals surface area contributed by atoms with Gasteiger partial charge in [-0.15, -0.1) is 0 Å². The summed E-state index contributed by atoms with van der Waals surface area (Å²) in [5.41, 5.74) is 6.31. The summed E-state index contributed by atoms with van der Waals surface area (Å²) >= 11 is 7.97. The summed E-state index contributed by atoms with van der Waals surface area (Å²) in [6.07, 6.45) is 0. The summed E-state index contributed by atoms with van der Waals surface area (Å²) in [5.74, 6) is 0.964. The zero-order valence-electron chi connectivity index (χ0n) is 11.0. The molecule has 0 atom stereocenters. The molecule has 0 amide bonds. The first-order valence-electron chi connectivity index (χ1n) is 6.17. The van der Waals surface area contributed by atoms with E-state index in [0.717, 1.165) is 5.56 Å². The van der Waals surface area contributed by atoms with E-state index >= 15 is 0 Å². The lowest BCUT2D eigenvalue weighted by Gasteiger charge is -2.09. The fourth-order valence-electron chi connectivity index (χ4n) is 1.60. The smallest absolute Gasteiger partial charge is 0.137 e. The Morgan fingerprint density at radius 1 is 1.05 bits per heavy atom. The van der Waals surface area contributed by atoms with Gasteiger partial charge in [-0.3, -0.25) is 0 Å². The molecule has 0 bridgehead atoms. The van der Waals surface area contributed by atoms with E-state index in [-0.39, 0.29) is 5.82 Å². The van der Waals surface area contributed by atoms with Gasteiger partial charge in [0, 0.05) is 5.56 Å². The molecule has 0 saturated heterocycles. The van der Waals surface area contributed by atoms with E-state index in [0.29, 0.717) is 34.2 Å². The van der Waals surface area contributed by atoms with Crippen molar-refractivity contribution < 1.29 is 13.9 Å². The largest absolute Gasteiger partial charge is 0.490 e. The van der Waals surface area contributed by atoms with Crippen LogP contribution in [0, 0.1) is 5.82 Å². The van der Waals surface area contributed by atoms with Gasteiger partial charge in [0.1, 0.15) is 35.5 Å². The van der Waals surface area contributed by atoms with Crippen molar-refractivity contribution in [2.24, 2.45) is 5.73 Å². The molecule has 2 aromatic carbocycles. The van der Waals surface area contributed by atoms with E-state index in [4.69, 9.17) is 27.4 Å². The first-order valence-corrected chi connectivity index (χ1v) is 7.37. The maximum atomic E-state index is 13.1. The number of rotatable bonds is 6. The predicted molar refractivity (Wildman–Crippen MR) is 87.4 cm³/mol. The highest BCUT2D eigenvalue weighted by molar-refractivity contribution is 9.10. The number of hydrogen-bond donors (Lipinski definition) is 1. The molecule has 2 N–H and O–H groups in total. The lowest BCUT2D eigenvalue weighted by Crippen LogP contribution is -2.10. The van der Waals surface area contributed by atoms with Crippen LogP contribution in [0.3, 0.4) is 0 Å². The van der Waals surface area contributed by atoms with Gasteiger partial charge in [-0.25, -0.2) is 4.39 Å². The third-order valence-electron chi connectivity index (χ3n) is 2.65. The summed E-state index contributed by atoms with van der Waals surface area (Å²) in [4.78, 5) is 0.353. The number of hydrogen-bond acceptors (Lipinski definition) is 3. The average Bonchev–Trinajstić information content (AvgIpc) is 2.47. The molecule has 3 nitrogen and oxygen atoms in total. The molecule has 0 aliphatic carbocycles. The van der Waals surface area contributed by atoms with Crippen molar-refractivity contribution in [1.82, 2.24) is 0 Å². The topological polar surface area (TPSA) is 44.5 Å². The van der Waals surface area contributed by atoms with E-state index in [1.54, 1.807) is 36.4 Å². The minimum Gasteiger partial charge on any atom is -0.490 e. The highest BCUT2D eigenvalue weighted by Crippen LogP contribution is 2.21. The molecule has 21 heavy (non-hydrogen) atoms. The second kappa shape index (κ2) is 7.38. The zero-order valence-corrected chi connectivity index (χ0v) is 13.4. The Morgan fingerprint density at radius 2 is 1.62 bits per heavy atom. The molecule has 0 heterocycles. The van der Waals surface area contributed by atoms with Crippen molar-refractivity contribution in [3.63, 3.8) is 0 Å². The maximum absolute atomic E-state index is 13.1. The van der Waals surface area contributed by atoms with E-state index in [2.05, 4.69) is 15.9 Å². The number of halogens is 2. The Bertz CT molecular complexity index is 634. The highest BCUT2D eigenvalue weighted by Gasteiger charge is 2.02. The molecule has 2 rings (SSSR count). The Balaban J connectivity index is 1.79. The molecule has 0 unspecified atom stereocenters. The molecule has 6 heteroatoms. The van der Waals surface area contributed by atoms with Crippen LogP contribution in [-0.4, -0.2) is 18.2 Å². The molecule has 0 saturated carbocycles. The first-order chi connectivity index (χ1) is 10.1. The van der Waals surface area contributed by atoms with Crippen LogP contribution in [0.2, 0.25) is 0 Å². The van der Waals surface area contributed by atoms with Crippen LogP contribution in [0.25, 0.3) is 0 Å². The van der Waals surface area contributed by atoms with Crippen LogP contribution >= 0.6 is 28.1 Å². The standard InChI is InChI=1S/C15H13BrFNO2S/c16-13-9-12(5-6-14(13)17)20-8-7-19-11-3-1-10(2-4-11)15(18)21/h1-6,9H,7-8H2,(H2,18,21).